The molecule has 31 heavy (non-hydrogen) atoms. The molecule has 0 fully saturated rings. The molecule has 1 N–H and O–H groups in total. The Labute approximate surface area is 184 Å². The molecule has 0 aromatic heterocycles. The van der Waals surface area contributed by atoms with Crippen LogP contribution in [0.4, 0.5) is 11.4 Å². The Kier molecular flexibility index (Phi) is 3.63. The summed E-state index contributed by atoms with van der Waals surface area (Å²) < 4.78 is 0. The molecule has 0 unspecified atom stereocenters. The number of rotatable bonds is 2. The van der Waals surface area contributed by atoms with E-state index >= 15 is 0 Å². The van der Waals surface area contributed by atoms with Crippen LogP contribution in [0.3, 0.4) is 0 Å². The maximum absolute atomic E-state index is 3.87. The molecular weight excluding hydrogens is 374 g/mol. The lowest BCUT2D eigenvalue weighted by Crippen LogP contribution is -2.17. The molecule has 1 nitrogen and oxygen atoms in total. The van der Waals surface area contributed by atoms with Crippen LogP contribution in [0.5, 0.6) is 0 Å². The molecule has 0 spiro atoms. The molecule has 0 radical (unpaired) electrons. The molecule has 6 rings (SSSR count). The summed E-state index contributed by atoms with van der Waals surface area (Å²) in [6.45, 7) is 9.36. The van der Waals surface area contributed by atoms with E-state index in [1.54, 1.807) is 0 Å². The van der Waals surface area contributed by atoms with Crippen LogP contribution in [0.15, 0.2) is 84.9 Å². The molecule has 0 heterocycles. The summed E-state index contributed by atoms with van der Waals surface area (Å²) in [6.07, 6.45) is 0. The molecule has 4 aromatic carbocycles. The van der Waals surface area contributed by atoms with Crippen LogP contribution in [-0.4, -0.2) is 0 Å². The molecule has 2 aliphatic carbocycles. The standard InChI is InChI=1S/C30H27N/c1-29(2)23-15-8-6-12-21(23)27-24(29)16-10-17-25(27)31-26-18-9-13-20-19-11-5-7-14-22(19)30(3,4)28(20)26/h5-18,31H,1-4H3. The fraction of sp³-hybridized carbons (Fsp3) is 0.200. The summed E-state index contributed by atoms with van der Waals surface area (Å²) in [5.74, 6) is 0. The Morgan fingerprint density at radius 2 is 1.03 bits per heavy atom. The first-order valence-electron chi connectivity index (χ1n) is 11.1. The maximum atomic E-state index is 3.87. The van der Waals surface area contributed by atoms with Crippen LogP contribution in [0.1, 0.15) is 49.9 Å². The Balaban J connectivity index is 1.54. The van der Waals surface area contributed by atoms with Crippen molar-refractivity contribution >= 4 is 11.4 Å². The molecule has 0 amide bonds. The summed E-state index contributed by atoms with van der Waals surface area (Å²) >= 11 is 0. The smallest absolute Gasteiger partial charge is 0.0467 e. The van der Waals surface area contributed by atoms with Gasteiger partial charge in [0.25, 0.3) is 0 Å². The van der Waals surface area contributed by atoms with Crippen molar-refractivity contribution in [2.75, 3.05) is 5.32 Å². The first-order chi connectivity index (χ1) is 14.9. The zero-order chi connectivity index (χ0) is 21.4. The number of fused-ring (bicyclic) bond motifs is 6. The van der Waals surface area contributed by atoms with Gasteiger partial charge in [-0.15, -0.1) is 0 Å². The van der Waals surface area contributed by atoms with Gasteiger partial charge in [-0.1, -0.05) is 100 Å². The van der Waals surface area contributed by atoms with Crippen LogP contribution in [0, 0.1) is 0 Å². The van der Waals surface area contributed by atoms with Crippen molar-refractivity contribution in [1.29, 1.82) is 0 Å². The lowest BCUT2D eigenvalue weighted by atomic mass is 9.81. The van der Waals surface area contributed by atoms with Crippen molar-refractivity contribution in [3.63, 3.8) is 0 Å². The quantitative estimate of drug-likeness (QED) is 0.358. The highest BCUT2D eigenvalue weighted by molar-refractivity contribution is 5.93. The highest BCUT2D eigenvalue weighted by Gasteiger charge is 2.39. The van der Waals surface area contributed by atoms with Crippen molar-refractivity contribution in [1.82, 2.24) is 0 Å². The van der Waals surface area contributed by atoms with E-state index in [9.17, 15) is 0 Å². The fourth-order valence-corrected chi connectivity index (χ4v) is 5.96. The van der Waals surface area contributed by atoms with Gasteiger partial charge >= 0.3 is 0 Å². The van der Waals surface area contributed by atoms with Gasteiger partial charge in [0.05, 0.1) is 0 Å². The molecule has 0 saturated carbocycles. The van der Waals surface area contributed by atoms with Crippen LogP contribution >= 0.6 is 0 Å². The van der Waals surface area contributed by atoms with Gasteiger partial charge in [-0.25, -0.2) is 0 Å². The van der Waals surface area contributed by atoms with Crippen LogP contribution in [0.2, 0.25) is 0 Å². The second-order valence-electron chi connectivity index (χ2n) is 9.92. The van der Waals surface area contributed by atoms with Gasteiger partial charge in [-0.05, 0) is 51.1 Å². The van der Waals surface area contributed by atoms with Gasteiger partial charge in [0.2, 0.25) is 0 Å². The van der Waals surface area contributed by atoms with Crippen molar-refractivity contribution in [3.05, 3.63) is 107 Å². The van der Waals surface area contributed by atoms with E-state index in [0.717, 1.165) is 0 Å². The van der Waals surface area contributed by atoms with E-state index < -0.39 is 0 Å². The predicted molar refractivity (Wildman–Crippen MR) is 131 cm³/mol. The monoisotopic (exact) mass is 401 g/mol. The van der Waals surface area contributed by atoms with Crippen molar-refractivity contribution in [2.45, 2.75) is 38.5 Å². The topological polar surface area (TPSA) is 12.0 Å². The van der Waals surface area contributed by atoms with E-state index in [4.69, 9.17) is 0 Å². The average molecular weight is 402 g/mol. The van der Waals surface area contributed by atoms with Gasteiger partial charge < -0.3 is 5.32 Å². The van der Waals surface area contributed by atoms with Crippen LogP contribution in [0.25, 0.3) is 22.3 Å². The van der Waals surface area contributed by atoms with E-state index in [1.165, 1.54) is 55.9 Å². The normalized spacial score (nSPS) is 16.3. The molecule has 2 aliphatic rings. The van der Waals surface area contributed by atoms with Crippen LogP contribution < -0.4 is 5.32 Å². The minimum absolute atomic E-state index is 0.0117. The number of nitrogens with one attached hydrogen (secondary N) is 1. The molecule has 0 saturated heterocycles. The highest BCUT2D eigenvalue weighted by atomic mass is 14.9. The van der Waals surface area contributed by atoms with Crippen molar-refractivity contribution in [3.8, 4) is 22.3 Å². The van der Waals surface area contributed by atoms with E-state index in [-0.39, 0.29) is 10.8 Å². The number of hydrogen-bond acceptors (Lipinski definition) is 1. The SMILES string of the molecule is CC1(C)c2ccccc2-c2c(Nc3cccc4c3C(C)(C)c3ccccc3-4)cccc21. The highest BCUT2D eigenvalue weighted by Crippen LogP contribution is 2.54. The third-order valence-corrected chi connectivity index (χ3v) is 7.46. The minimum atomic E-state index is -0.0371. The van der Waals surface area contributed by atoms with E-state index in [1.807, 2.05) is 0 Å². The van der Waals surface area contributed by atoms with Crippen molar-refractivity contribution in [2.24, 2.45) is 0 Å². The predicted octanol–water partition coefficient (Wildman–Crippen LogP) is 8.04. The minimum Gasteiger partial charge on any atom is -0.355 e. The molecule has 0 bridgehead atoms. The van der Waals surface area contributed by atoms with E-state index in [0.29, 0.717) is 0 Å². The molecule has 152 valence electrons. The molecule has 1 heteroatoms. The number of anilines is 2. The number of benzene rings is 4. The molecular formula is C30H27N. The van der Waals surface area contributed by atoms with Gasteiger partial charge in [0, 0.05) is 27.8 Å². The first-order valence-corrected chi connectivity index (χ1v) is 11.1. The summed E-state index contributed by atoms with van der Waals surface area (Å²) in [6, 6.07) is 31.1. The van der Waals surface area contributed by atoms with Gasteiger partial charge in [0.15, 0.2) is 0 Å². The lowest BCUT2D eigenvalue weighted by Gasteiger charge is -2.25. The fourth-order valence-electron chi connectivity index (χ4n) is 5.96. The Morgan fingerprint density at radius 1 is 0.484 bits per heavy atom. The zero-order valence-corrected chi connectivity index (χ0v) is 18.6. The maximum Gasteiger partial charge on any atom is 0.0467 e. The first kappa shape index (κ1) is 18.4. The van der Waals surface area contributed by atoms with Gasteiger partial charge in [0.1, 0.15) is 0 Å². The zero-order valence-electron chi connectivity index (χ0n) is 18.6. The summed E-state index contributed by atoms with van der Waals surface area (Å²) in [5.41, 5.74) is 13.4. The molecule has 0 atom stereocenters. The summed E-state index contributed by atoms with van der Waals surface area (Å²) in [5, 5.41) is 3.87. The Bertz CT molecular complexity index is 1360. The van der Waals surface area contributed by atoms with Crippen molar-refractivity contribution < 1.29 is 0 Å². The second kappa shape index (κ2) is 6.11. The van der Waals surface area contributed by atoms with E-state index in [2.05, 4.69) is 118 Å². The number of hydrogen-bond donors (Lipinski definition) is 1. The molecule has 4 aromatic rings. The van der Waals surface area contributed by atoms with Gasteiger partial charge in [-0.2, -0.15) is 0 Å². The Hall–Kier alpha value is -3.32. The molecule has 0 aliphatic heterocycles. The van der Waals surface area contributed by atoms with Crippen LogP contribution in [-0.2, 0) is 10.8 Å². The second-order valence-corrected chi connectivity index (χ2v) is 9.92. The van der Waals surface area contributed by atoms with Gasteiger partial charge in [-0.3, -0.25) is 0 Å². The Morgan fingerprint density at radius 3 is 1.81 bits per heavy atom. The average Bonchev–Trinajstić information content (AvgIpc) is 3.16. The third kappa shape index (κ3) is 2.38. The largest absolute Gasteiger partial charge is 0.355 e. The lowest BCUT2D eigenvalue weighted by molar-refractivity contribution is 0.660. The third-order valence-electron chi connectivity index (χ3n) is 7.46. The summed E-state index contributed by atoms with van der Waals surface area (Å²) in [7, 11) is 0. The summed E-state index contributed by atoms with van der Waals surface area (Å²) in [4.78, 5) is 0.